The molecule has 0 aromatic heterocycles. The summed E-state index contributed by atoms with van der Waals surface area (Å²) in [6, 6.07) is 14.6. The summed E-state index contributed by atoms with van der Waals surface area (Å²) in [6.45, 7) is 3.75. The van der Waals surface area contributed by atoms with Gasteiger partial charge in [-0.3, -0.25) is 14.4 Å². The highest BCUT2D eigenvalue weighted by Gasteiger charge is 2.46. The highest BCUT2D eigenvalue weighted by Crippen LogP contribution is 2.39. The number of ether oxygens (including phenoxy) is 1. The minimum Gasteiger partial charge on any atom is -0.508 e. The first-order valence-electron chi connectivity index (χ1n) is 10.5. The van der Waals surface area contributed by atoms with Crippen LogP contribution in [-0.4, -0.2) is 33.7 Å². The molecule has 8 nitrogen and oxygen atoms in total. The minimum atomic E-state index is -1.76. The van der Waals surface area contributed by atoms with E-state index in [1.54, 1.807) is 30.3 Å². The molecule has 0 unspecified atom stereocenters. The van der Waals surface area contributed by atoms with Crippen molar-refractivity contribution in [3.05, 3.63) is 88.5 Å². The number of aryl methyl sites for hydroxylation is 2. The van der Waals surface area contributed by atoms with Gasteiger partial charge in [0, 0.05) is 17.3 Å². The molecule has 1 heterocycles. The number of rotatable bonds is 6. The number of hydrogen-bond acceptors (Lipinski definition) is 7. The van der Waals surface area contributed by atoms with Crippen LogP contribution in [0.15, 0.2) is 60.7 Å². The first-order chi connectivity index (χ1) is 16.2. The van der Waals surface area contributed by atoms with Gasteiger partial charge in [0.1, 0.15) is 23.5 Å². The Bertz CT molecular complexity index is 1340. The molecular weight excluding hydrogens is 438 g/mol. The standard InChI is InChI=1S/C26H21NO7/c1-13-7-8-15(11-14(13)2)27-25(32)23(31)21(22(30)19-10-9-16(28)12-20(19)29)24-17-5-3-4-6-18(17)26(33)34-24/h3-12,21,24,28-29H,1-2H3,(H,27,32)/t21-,24-/m0/s1. The molecule has 2 atom stereocenters. The lowest BCUT2D eigenvalue weighted by Crippen LogP contribution is -2.38. The molecule has 0 spiro atoms. The molecule has 0 fully saturated rings. The van der Waals surface area contributed by atoms with Crippen molar-refractivity contribution in [1.82, 2.24) is 0 Å². The lowest BCUT2D eigenvalue weighted by molar-refractivity contribution is -0.138. The number of nitrogens with one attached hydrogen (secondary N) is 1. The maximum Gasteiger partial charge on any atom is 0.339 e. The largest absolute Gasteiger partial charge is 0.508 e. The molecule has 0 bridgehead atoms. The summed E-state index contributed by atoms with van der Waals surface area (Å²) >= 11 is 0. The summed E-state index contributed by atoms with van der Waals surface area (Å²) in [4.78, 5) is 52.1. The monoisotopic (exact) mass is 459 g/mol. The number of esters is 1. The molecule has 1 aliphatic heterocycles. The van der Waals surface area contributed by atoms with Gasteiger partial charge < -0.3 is 20.3 Å². The quantitative estimate of drug-likeness (QED) is 0.222. The summed E-state index contributed by atoms with van der Waals surface area (Å²) in [7, 11) is 0. The maximum atomic E-state index is 13.4. The van der Waals surface area contributed by atoms with Crippen molar-refractivity contribution in [2.45, 2.75) is 20.0 Å². The Morgan fingerprint density at radius 1 is 0.941 bits per heavy atom. The van der Waals surface area contributed by atoms with Crippen molar-refractivity contribution in [1.29, 1.82) is 0 Å². The van der Waals surface area contributed by atoms with E-state index in [4.69, 9.17) is 4.74 Å². The zero-order valence-corrected chi connectivity index (χ0v) is 18.4. The van der Waals surface area contributed by atoms with Crippen molar-refractivity contribution in [3.8, 4) is 11.5 Å². The number of fused-ring (bicyclic) bond motifs is 1. The number of aromatic hydroxyl groups is 2. The van der Waals surface area contributed by atoms with Crippen LogP contribution in [0.25, 0.3) is 0 Å². The third-order valence-corrected chi connectivity index (χ3v) is 5.82. The normalized spacial score (nSPS) is 15.2. The van der Waals surface area contributed by atoms with E-state index in [0.717, 1.165) is 29.3 Å². The molecule has 172 valence electrons. The van der Waals surface area contributed by atoms with Crippen molar-refractivity contribution < 1.29 is 34.1 Å². The first kappa shape index (κ1) is 22.7. The number of phenolic OH excluding ortho intramolecular Hbond substituents is 2. The molecule has 1 aliphatic rings. The average molecular weight is 459 g/mol. The average Bonchev–Trinajstić information content (AvgIpc) is 3.12. The summed E-state index contributed by atoms with van der Waals surface area (Å²) in [5, 5.41) is 22.3. The lowest BCUT2D eigenvalue weighted by atomic mass is 9.84. The Labute approximate surface area is 194 Å². The second kappa shape index (κ2) is 8.82. The maximum absolute atomic E-state index is 13.4. The van der Waals surface area contributed by atoms with Crippen LogP contribution in [0.3, 0.4) is 0 Å². The third-order valence-electron chi connectivity index (χ3n) is 5.82. The Morgan fingerprint density at radius 3 is 2.38 bits per heavy atom. The van der Waals surface area contributed by atoms with E-state index in [9.17, 15) is 29.4 Å². The van der Waals surface area contributed by atoms with Crippen LogP contribution < -0.4 is 5.32 Å². The minimum absolute atomic E-state index is 0.183. The molecular formula is C26H21NO7. The smallest absolute Gasteiger partial charge is 0.339 e. The van der Waals surface area contributed by atoms with Crippen LogP contribution in [0.1, 0.15) is 43.5 Å². The Morgan fingerprint density at radius 2 is 1.68 bits per heavy atom. The van der Waals surface area contributed by atoms with Gasteiger partial charge in [-0.15, -0.1) is 0 Å². The van der Waals surface area contributed by atoms with Crippen molar-refractivity contribution in [3.63, 3.8) is 0 Å². The summed E-state index contributed by atoms with van der Waals surface area (Å²) in [5.74, 6) is -6.47. The second-order valence-corrected chi connectivity index (χ2v) is 8.07. The van der Waals surface area contributed by atoms with Gasteiger partial charge in [0.05, 0.1) is 11.1 Å². The van der Waals surface area contributed by atoms with E-state index < -0.39 is 41.2 Å². The fourth-order valence-corrected chi connectivity index (χ4v) is 3.86. The number of hydrogen-bond donors (Lipinski definition) is 3. The zero-order chi connectivity index (χ0) is 24.6. The molecule has 4 rings (SSSR count). The van der Waals surface area contributed by atoms with Gasteiger partial charge in [0.25, 0.3) is 5.91 Å². The topological polar surface area (TPSA) is 130 Å². The second-order valence-electron chi connectivity index (χ2n) is 8.07. The van der Waals surface area contributed by atoms with Gasteiger partial charge in [-0.1, -0.05) is 24.3 Å². The predicted octanol–water partition coefficient (Wildman–Crippen LogP) is 3.63. The number of phenols is 2. The van der Waals surface area contributed by atoms with E-state index in [0.29, 0.717) is 5.69 Å². The van der Waals surface area contributed by atoms with E-state index in [1.165, 1.54) is 12.1 Å². The number of Topliss-reactive ketones (excluding diaryl/α,β-unsaturated/α-hetero) is 2. The van der Waals surface area contributed by atoms with Gasteiger partial charge >= 0.3 is 5.97 Å². The van der Waals surface area contributed by atoms with Crippen molar-refractivity contribution >= 4 is 29.1 Å². The number of benzene rings is 3. The highest BCUT2D eigenvalue weighted by molar-refractivity contribution is 6.45. The Hall–Kier alpha value is -4.46. The molecule has 3 aromatic rings. The first-order valence-corrected chi connectivity index (χ1v) is 10.5. The Kier molecular flexibility index (Phi) is 5.89. The SMILES string of the molecule is Cc1ccc(NC(=O)C(=O)[C@H](C(=O)c2ccc(O)cc2O)[C@H]2OC(=O)c3ccccc32)cc1C. The summed E-state index contributed by atoms with van der Waals surface area (Å²) < 4.78 is 5.36. The Balaban J connectivity index is 1.73. The molecule has 0 saturated carbocycles. The van der Waals surface area contributed by atoms with Crippen LogP contribution >= 0.6 is 0 Å². The third kappa shape index (κ3) is 4.13. The van der Waals surface area contributed by atoms with Crippen LogP contribution in [0.4, 0.5) is 5.69 Å². The van der Waals surface area contributed by atoms with Crippen LogP contribution in [0.5, 0.6) is 11.5 Å². The van der Waals surface area contributed by atoms with E-state index in [1.807, 2.05) is 13.8 Å². The summed E-state index contributed by atoms with van der Waals surface area (Å²) in [5.41, 5.74) is 2.43. The van der Waals surface area contributed by atoms with Crippen molar-refractivity contribution in [2.24, 2.45) is 5.92 Å². The molecule has 1 amide bonds. The number of anilines is 1. The van der Waals surface area contributed by atoms with Crippen LogP contribution in [-0.2, 0) is 14.3 Å². The number of carbonyl (C=O) groups is 4. The number of carbonyl (C=O) groups excluding carboxylic acids is 4. The number of cyclic esters (lactones) is 1. The number of ketones is 2. The molecule has 3 aromatic carbocycles. The van der Waals surface area contributed by atoms with Gasteiger partial charge in [-0.05, 0) is 55.3 Å². The van der Waals surface area contributed by atoms with E-state index in [2.05, 4.69) is 5.32 Å². The number of amides is 1. The van der Waals surface area contributed by atoms with E-state index >= 15 is 0 Å². The summed E-state index contributed by atoms with van der Waals surface area (Å²) in [6.07, 6.45) is -1.36. The molecule has 8 heteroatoms. The molecule has 0 radical (unpaired) electrons. The molecule has 0 saturated heterocycles. The lowest BCUT2D eigenvalue weighted by Gasteiger charge is -2.21. The van der Waals surface area contributed by atoms with Crippen LogP contribution in [0, 0.1) is 19.8 Å². The predicted molar refractivity (Wildman–Crippen MR) is 122 cm³/mol. The van der Waals surface area contributed by atoms with Gasteiger partial charge in [0.2, 0.25) is 5.78 Å². The van der Waals surface area contributed by atoms with Gasteiger partial charge in [0.15, 0.2) is 5.78 Å². The van der Waals surface area contributed by atoms with Gasteiger partial charge in [-0.25, -0.2) is 4.79 Å². The van der Waals surface area contributed by atoms with Gasteiger partial charge in [-0.2, -0.15) is 0 Å². The fraction of sp³-hybridized carbons (Fsp3) is 0.154. The zero-order valence-electron chi connectivity index (χ0n) is 18.4. The molecule has 0 aliphatic carbocycles. The highest BCUT2D eigenvalue weighted by atomic mass is 16.5. The molecule has 3 N–H and O–H groups in total. The van der Waals surface area contributed by atoms with E-state index in [-0.39, 0.29) is 22.4 Å². The fourth-order valence-electron chi connectivity index (χ4n) is 3.86. The molecule has 34 heavy (non-hydrogen) atoms. The van der Waals surface area contributed by atoms with Crippen molar-refractivity contribution in [2.75, 3.05) is 5.32 Å². The van der Waals surface area contributed by atoms with Crippen LogP contribution in [0.2, 0.25) is 0 Å².